The molecule has 2 rings (SSSR count). The van der Waals surface area contributed by atoms with Gasteiger partial charge < -0.3 is 9.80 Å². The van der Waals surface area contributed by atoms with Crippen LogP contribution in [0.5, 0.6) is 0 Å². The molecule has 2 nitrogen and oxygen atoms in total. The van der Waals surface area contributed by atoms with E-state index in [0.29, 0.717) is 11.4 Å². The number of piperidine rings is 1. The third-order valence-electron chi connectivity index (χ3n) is 3.71. The molecule has 1 aromatic rings. The number of likely N-dealkylation sites (tertiary alicyclic amines) is 1. The topological polar surface area (TPSA) is 6.48 Å². The van der Waals surface area contributed by atoms with E-state index in [1.54, 1.807) is 12.1 Å². The fraction of sp³-hybridized carbons (Fsp3) is 0.571. The van der Waals surface area contributed by atoms with Crippen molar-refractivity contribution in [2.75, 3.05) is 32.1 Å². The molecule has 1 aliphatic rings. The fourth-order valence-electron chi connectivity index (χ4n) is 2.70. The number of halogens is 2. The lowest BCUT2D eigenvalue weighted by atomic mass is 10.0. The fourth-order valence-corrected chi connectivity index (χ4v) is 3.15. The van der Waals surface area contributed by atoms with Crippen LogP contribution in [0.1, 0.15) is 18.4 Å². The van der Waals surface area contributed by atoms with E-state index < -0.39 is 0 Å². The van der Waals surface area contributed by atoms with Gasteiger partial charge in [0.25, 0.3) is 0 Å². The highest BCUT2D eigenvalue weighted by Gasteiger charge is 2.24. The first kappa shape index (κ1) is 13.8. The molecule has 0 bridgehead atoms. The van der Waals surface area contributed by atoms with Crippen LogP contribution in [0, 0.1) is 5.82 Å². The van der Waals surface area contributed by atoms with Gasteiger partial charge in [0.1, 0.15) is 5.82 Å². The van der Waals surface area contributed by atoms with Crippen molar-refractivity contribution in [3.8, 4) is 0 Å². The number of hydrogen-bond donors (Lipinski definition) is 0. The summed E-state index contributed by atoms with van der Waals surface area (Å²) in [6.45, 7) is 2.15. The molecule has 0 N–H and O–H groups in total. The molecule has 1 saturated heterocycles. The lowest BCUT2D eigenvalue weighted by Gasteiger charge is -2.38. The maximum atomic E-state index is 14.1. The molecule has 0 saturated carbocycles. The van der Waals surface area contributed by atoms with Crippen LogP contribution < -0.4 is 4.90 Å². The molecule has 1 heterocycles. The molecule has 4 heteroatoms. The molecular formula is C14H20BrFN2. The van der Waals surface area contributed by atoms with E-state index in [4.69, 9.17) is 0 Å². The number of benzene rings is 1. The molecule has 1 aromatic carbocycles. The van der Waals surface area contributed by atoms with Crippen molar-refractivity contribution in [1.29, 1.82) is 0 Å². The van der Waals surface area contributed by atoms with Crippen LogP contribution in [-0.4, -0.2) is 38.1 Å². The van der Waals surface area contributed by atoms with Crippen molar-refractivity contribution >= 4 is 21.6 Å². The van der Waals surface area contributed by atoms with Crippen LogP contribution in [0.3, 0.4) is 0 Å². The quantitative estimate of drug-likeness (QED) is 0.790. The summed E-state index contributed by atoms with van der Waals surface area (Å²) in [5, 5.41) is 0.687. The van der Waals surface area contributed by atoms with Crippen molar-refractivity contribution in [1.82, 2.24) is 4.90 Å². The van der Waals surface area contributed by atoms with Gasteiger partial charge in [0.15, 0.2) is 0 Å². The van der Waals surface area contributed by atoms with Gasteiger partial charge in [-0.3, -0.25) is 0 Å². The Hall–Kier alpha value is -0.610. The van der Waals surface area contributed by atoms with Crippen molar-refractivity contribution in [3.05, 3.63) is 29.6 Å². The number of likely N-dealkylation sites (N-methyl/N-ethyl adjacent to an activating group) is 2. The van der Waals surface area contributed by atoms with Crippen LogP contribution in [0.25, 0.3) is 0 Å². The minimum atomic E-state index is -0.123. The van der Waals surface area contributed by atoms with Gasteiger partial charge in [-0.25, -0.2) is 4.39 Å². The van der Waals surface area contributed by atoms with Gasteiger partial charge in [0, 0.05) is 25.0 Å². The van der Waals surface area contributed by atoms with Crippen molar-refractivity contribution in [2.24, 2.45) is 0 Å². The summed E-state index contributed by atoms with van der Waals surface area (Å²) < 4.78 is 14.1. The van der Waals surface area contributed by atoms with Gasteiger partial charge in [0.05, 0.1) is 5.69 Å². The lowest BCUT2D eigenvalue weighted by Crippen LogP contribution is -2.45. The summed E-state index contributed by atoms with van der Waals surface area (Å²) in [4.78, 5) is 4.43. The first-order valence-electron chi connectivity index (χ1n) is 6.38. The van der Waals surface area contributed by atoms with Gasteiger partial charge in [0.2, 0.25) is 0 Å². The second-order valence-corrected chi connectivity index (χ2v) is 5.61. The number of nitrogens with zero attached hydrogens (tertiary/aromatic N) is 2. The summed E-state index contributed by atoms with van der Waals surface area (Å²) in [7, 11) is 4.14. The summed E-state index contributed by atoms with van der Waals surface area (Å²) in [6, 6.07) is 5.70. The number of hydrogen-bond acceptors (Lipinski definition) is 2. The SMILES string of the molecule is CN1CCCC(N(C)c2c(F)cccc2CBr)C1. The third kappa shape index (κ3) is 2.86. The van der Waals surface area contributed by atoms with Crippen molar-refractivity contribution in [3.63, 3.8) is 0 Å². The van der Waals surface area contributed by atoms with Crippen LogP contribution in [-0.2, 0) is 5.33 Å². The second-order valence-electron chi connectivity index (χ2n) is 5.05. The number of anilines is 1. The third-order valence-corrected chi connectivity index (χ3v) is 4.32. The Bertz CT molecular complexity index is 411. The van der Waals surface area contributed by atoms with Gasteiger partial charge in [-0.15, -0.1) is 0 Å². The molecule has 1 fully saturated rings. The zero-order valence-corrected chi connectivity index (χ0v) is 12.6. The second kappa shape index (κ2) is 6.02. The molecule has 0 radical (unpaired) electrons. The van der Waals surface area contributed by atoms with Crippen LogP contribution in [0.4, 0.5) is 10.1 Å². The summed E-state index contributed by atoms with van der Waals surface area (Å²) >= 11 is 3.44. The first-order valence-corrected chi connectivity index (χ1v) is 7.50. The van der Waals surface area contributed by atoms with E-state index in [-0.39, 0.29) is 5.82 Å². The zero-order chi connectivity index (χ0) is 13.1. The molecule has 18 heavy (non-hydrogen) atoms. The van der Waals surface area contributed by atoms with Crippen molar-refractivity contribution < 1.29 is 4.39 Å². The van der Waals surface area contributed by atoms with E-state index >= 15 is 0 Å². The maximum absolute atomic E-state index is 14.1. The van der Waals surface area contributed by atoms with Crippen LogP contribution in [0.2, 0.25) is 0 Å². The first-order chi connectivity index (χ1) is 8.63. The molecule has 100 valence electrons. The molecule has 1 atom stereocenters. The highest BCUT2D eigenvalue weighted by molar-refractivity contribution is 9.08. The monoisotopic (exact) mass is 314 g/mol. The van der Waals surface area contributed by atoms with E-state index in [1.165, 1.54) is 6.42 Å². The smallest absolute Gasteiger partial charge is 0.146 e. The summed E-state index contributed by atoms with van der Waals surface area (Å²) in [6.07, 6.45) is 2.32. The lowest BCUT2D eigenvalue weighted by molar-refractivity contribution is 0.247. The van der Waals surface area contributed by atoms with E-state index in [0.717, 1.165) is 30.8 Å². The van der Waals surface area contributed by atoms with Crippen LogP contribution in [0.15, 0.2) is 18.2 Å². The van der Waals surface area contributed by atoms with Crippen LogP contribution >= 0.6 is 15.9 Å². The Morgan fingerprint density at radius 2 is 2.28 bits per heavy atom. The zero-order valence-electron chi connectivity index (χ0n) is 11.0. The molecule has 0 aromatic heterocycles. The van der Waals surface area contributed by atoms with Gasteiger partial charge in [-0.1, -0.05) is 28.1 Å². The Kier molecular flexibility index (Phi) is 4.62. The average molecular weight is 315 g/mol. The van der Waals surface area contributed by atoms with E-state index in [2.05, 4.69) is 32.8 Å². The highest BCUT2D eigenvalue weighted by Crippen LogP contribution is 2.29. The molecule has 1 unspecified atom stereocenters. The summed E-state index contributed by atoms with van der Waals surface area (Å²) in [5.74, 6) is -0.123. The van der Waals surface area contributed by atoms with E-state index in [9.17, 15) is 4.39 Å². The predicted octanol–water partition coefficient (Wildman–Crippen LogP) is 3.25. The molecule has 0 spiro atoms. The maximum Gasteiger partial charge on any atom is 0.146 e. The molecular weight excluding hydrogens is 295 g/mol. The van der Waals surface area contributed by atoms with Gasteiger partial charge >= 0.3 is 0 Å². The van der Waals surface area contributed by atoms with E-state index in [1.807, 2.05) is 13.1 Å². The summed E-state index contributed by atoms with van der Waals surface area (Å²) in [5.41, 5.74) is 1.76. The molecule has 0 amide bonds. The Morgan fingerprint density at radius 3 is 2.94 bits per heavy atom. The molecule has 0 aliphatic carbocycles. The highest BCUT2D eigenvalue weighted by atomic mass is 79.9. The number of rotatable bonds is 3. The minimum Gasteiger partial charge on any atom is -0.368 e. The normalized spacial score (nSPS) is 21.0. The number of para-hydroxylation sites is 1. The van der Waals surface area contributed by atoms with Crippen molar-refractivity contribution in [2.45, 2.75) is 24.2 Å². The van der Waals surface area contributed by atoms with Gasteiger partial charge in [-0.05, 0) is 38.1 Å². The Labute approximate surface area is 117 Å². The minimum absolute atomic E-state index is 0.123. The number of alkyl halides is 1. The standard InChI is InChI=1S/C14H20BrFN2/c1-17-8-4-6-12(10-17)18(2)14-11(9-15)5-3-7-13(14)16/h3,5,7,12H,4,6,8-10H2,1-2H3. The Morgan fingerprint density at radius 1 is 1.50 bits per heavy atom. The molecule has 1 aliphatic heterocycles. The largest absolute Gasteiger partial charge is 0.368 e. The van der Waals surface area contributed by atoms with Gasteiger partial charge in [-0.2, -0.15) is 0 Å². The predicted molar refractivity (Wildman–Crippen MR) is 78.0 cm³/mol. The Balaban J connectivity index is 2.24. The average Bonchev–Trinajstić information content (AvgIpc) is 2.37.